The summed E-state index contributed by atoms with van der Waals surface area (Å²) in [7, 11) is 1.90. The molecule has 0 spiro atoms. The first-order valence-corrected chi connectivity index (χ1v) is 14.0. The number of aryl methyl sites for hydroxylation is 3. The molecule has 0 atom stereocenters. The standard InChI is InChI=1S/C30H36N8O2/c1-19-5-4-6-20(2)26(19)33-27-25-16-31-29(34-28(25)36(3)35-27)32-24-8-7-22-11-12-37(18-23(22)15-24)17-21-9-13-38(14-10-21)30(39)40/h4-8,15-16,21H,9-14,17-18H2,1-3H3,(H,33,35)(H,39,40)(H,31,32,34). The van der Waals surface area contributed by atoms with Crippen molar-refractivity contribution in [3.8, 4) is 0 Å². The van der Waals surface area contributed by atoms with Crippen molar-refractivity contribution in [2.45, 2.75) is 39.7 Å². The van der Waals surface area contributed by atoms with E-state index in [0.717, 1.165) is 78.2 Å². The maximum atomic E-state index is 11.2. The Hall–Kier alpha value is -4.18. The molecule has 2 aromatic carbocycles. The van der Waals surface area contributed by atoms with Crippen LogP contribution in [0.15, 0.2) is 42.6 Å². The Morgan fingerprint density at radius 3 is 2.58 bits per heavy atom. The van der Waals surface area contributed by atoms with E-state index in [1.165, 1.54) is 16.0 Å². The minimum atomic E-state index is -0.800. The van der Waals surface area contributed by atoms with E-state index in [4.69, 9.17) is 4.98 Å². The molecular formula is C30H36N8O2. The quantitative estimate of drug-likeness (QED) is 0.305. The van der Waals surface area contributed by atoms with Crippen molar-refractivity contribution in [3.63, 3.8) is 0 Å². The molecular weight excluding hydrogens is 504 g/mol. The van der Waals surface area contributed by atoms with Crippen molar-refractivity contribution in [2.75, 3.05) is 36.8 Å². The molecule has 4 aromatic rings. The Bertz CT molecular complexity index is 1540. The molecule has 2 aliphatic rings. The minimum Gasteiger partial charge on any atom is -0.465 e. The second-order valence-corrected chi connectivity index (χ2v) is 11.1. The maximum absolute atomic E-state index is 11.2. The molecule has 40 heavy (non-hydrogen) atoms. The van der Waals surface area contributed by atoms with Crippen LogP contribution in [0, 0.1) is 19.8 Å². The summed E-state index contributed by atoms with van der Waals surface area (Å²) in [5.41, 5.74) is 7.79. The van der Waals surface area contributed by atoms with Crippen LogP contribution in [0.1, 0.15) is 35.1 Å². The predicted octanol–water partition coefficient (Wildman–Crippen LogP) is 5.22. The first-order valence-electron chi connectivity index (χ1n) is 14.0. The van der Waals surface area contributed by atoms with Gasteiger partial charge in [-0.25, -0.2) is 14.5 Å². The third-order valence-corrected chi connectivity index (χ3v) is 8.26. The van der Waals surface area contributed by atoms with Crippen molar-refractivity contribution in [1.29, 1.82) is 0 Å². The van der Waals surface area contributed by atoms with Crippen LogP contribution in [0.3, 0.4) is 0 Å². The number of fused-ring (bicyclic) bond motifs is 2. The monoisotopic (exact) mass is 540 g/mol. The van der Waals surface area contributed by atoms with Crippen LogP contribution in [-0.4, -0.2) is 66.9 Å². The first-order chi connectivity index (χ1) is 19.3. The molecule has 4 heterocycles. The van der Waals surface area contributed by atoms with Gasteiger partial charge >= 0.3 is 6.09 Å². The van der Waals surface area contributed by atoms with Gasteiger partial charge in [0, 0.05) is 57.3 Å². The van der Waals surface area contributed by atoms with Crippen molar-refractivity contribution in [2.24, 2.45) is 13.0 Å². The lowest BCUT2D eigenvalue weighted by molar-refractivity contribution is 0.111. The molecule has 0 bridgehead atoms. The molecule has 0 unspecified atom stereocenters. The zero-order valence-corrected chi connectivity index (χ0v) is 23.3. The Balaban J connectivity index is 1.14. The number of amides is 1. The molecule has 1 amide bonds. The Morgan fingerprint density at radius 2 is 1.82 bits per heavy atom. The number of anilines is 4. The van der Waals surface area contributed by atoms with Gasteiger partial charge in [0.1, 0.15) is 0 Å². The summed E-state index contributed by atoms with van der Waals surface area (Å²) < 4.78 is 1.78. The summed E-state index contributed by atoms with van der Waals surface area (Å²) in [6, 6.07) is 12.7. The van der Waals surface area contributed by atoms with Crippen LogP contribution < -0.4 is 10.6 Å². The lowest BCUT2D eigenvalue weighted by Crippen LogP contribution is -2.42. The van der Waals surface area contributed by atoms with E-state index in [9.17, 15) is 9.90 Å². The number of carboxylic acid groups (broad SMARTS) is 1. The van der Waals surface area contributed by atoms with E-state index in [-0.39, 0.29) is 0 Å². The van der Waals surface area contributed by atoms with Gasteiger partial charge in [0.15, 0.2) is 11.5 Å². The van der Waals surface area contributed by atoms with Crippen LogP contribution in [0.4, 0.5) is 27.9 Å². The van der Waals surface area contributed by atoms with Crippen LogP contribution in [0.25, 0.3) is 11.0 Å². The number of nitrogens with one attached hydrogen (secondary N) is 2. The summed E-state index contributed by atoms with van der Waals surface area (Å²) in [5, 5.41) is 21.6. The Labute approximate surface area is 234 Å². The lowest BCUT2D eigenvalue weighted by Gasteiger charge is -2.35. The van der Waals surface area contributed by atoms with E-state index < -0.39 is 6.09 Å². The third-order valence-electron chi connectivity index (χ3n) is 8.26. The molecule has 2 aliphatic heterocycles. The summed E-state index contributed by atoms with van der Waals surface area (Å²) in [6.07, 6.45) is 3.92. The second-order valence-electron chi connectivity index (χ2n) is 11.1. The van der Waals surface area contributed by atoms with Crippen molar-refractivity contribution in [1.82, 2.24) is 29.5 Å². The largest absolute Gasteiger partial charge is 0.465 e. The topological polar surface area (TPSA) is 111 Å². The Kier molecular flexibility index (Phi) is 7.02. The number of carbonyl (C=O) groups is 1. The molecule has 6 rings (SSSR count). The van der Waals surface area contributed by atoms with Gasteiger partial charge in [0.2, 0.25) is 5.95 Å². The van der Waals surface area contributed by atoms with Gasteiger partial charge < -0.3 is 20.6 Å². The molecule has 1 fully saturated rings. The predicted molar refractivity (Wildman–Crippen MR) is 157 cm³/mol. The average molecular weight is 541 g/mol. The van der Waals surface area contributed by atoms with Gasteiger partial charge in [-0.1, -0.05) is 24.3 Å². The van der Waals surface area contributed by atoms with Crippen LogP contribution in [0.5, 0.6) is 0 Å². The number of piperidine rings is 1. The highest BCUT2D eigenvalue weighted by Crippen LogP contribution is 2.30. The van der Waals surface area contributed by atoms with Gasteiger partial charge in [0.25, 0.3) is 0 Å². The zero-order chi connectivity index (χ0) is 27.8. The van der Waals surface area contributed by atoms with E-state index >= 15 is 0 Å². The van der Waals surface area contributed by atoms with Crippen molar-refractivity contribution >= 4 is 40.3 Å². The molecule has 208 valence electrons. The van der Waals surface area contributed by atoms with Gasteiger partial charge in [-0.15, -0.1) is 0 Å². The van der Waals surface area contributed by atoms with Crippen LogP contribution >= 0.6 is 0 Å². The molecule has 0 radical (unpaired) electrons. The number of rotatable bonds is 6. The van der Waals surface area contributed by atoms with Gasteiger partial charge in [0.05, 0.1) is 5.39 Å². The normalized spacial score (nSPS) is 16.2. The SMILES string of the molecule is Cc1cccc(C)c1Nc1nn(C)c2nc(Nc3ccc4c(c3)CN(CC3CCN(C(=O)O)CC3)CC4)ncc12. The minimum absolute atomic E-state index is 0.534. The Morgan fingerprint density at radius 1 is 1.05 bits per heavy atom. The molecule has 10 nitrogen and oxygen atoms in total. The van der Waals surface area contributed by atoms with Gasteiger partial charge in [-0.3, -0.25) is 4.90 Å². The smallest absolute Gasteiger partial charge is 0.407 e. The fraction of sp³-hybridized carbons (Fsp3) is 0.400. The fourth-order valence-corrected chi connectivity index (χ4v) is 5.97. The summed E-state index contributed by atoms with van der Waals surface area (Å²) in [5.74, 6) is 1.82. The molecule has 2 aromatic heterocycles. The number of hydrogen-bond acceptors (Lipinski definition) is 7. The fourth-order valence-electron chi connectivity index (χ4n) is 5.97. The number of likely N-dealkylation sites (tertiary alicyclic amines) is 1. The van der Waals surface area contributed by atoms with E-state index in [2.05, 4.69) is 75.9 Å². The molecule has 3 N–H and O–H groups in total. The average Bonchev–Trinajstić information content (AvgIpc) is 3.25. The van der Waals surface area contributed by atoms with Crippen LogP contribution in [0.2, 0.25) is 0 Å². The molecule has 1 saturated heterocycles. The summed E-state index contributed by atoms with van der Waals surface area (Å²) in [6.45, 7) is 8.41. The third kappa shape index (κ3) is 5.31. The maximum Gasteiger partial charge on any atom is 0.407 e. The summed E-state index contributed by atoms with van der Waals surface area (Å²) >= 11 is 0. The van der Waals surface area contributed by atoms with E-state index in [1.54, 1.807) is 4.68 Å². The first kappa shape index (κ1) is 26.1. The van der Waals surface area contributed by atoms with Crippen molar-refractivity contribution < 1.29 is 9.90 Å². The van der Waals surface area contributed by atoms with E-state index in [0.29, 0.717) is 25.0 Å². The number of hydrogen-bond donors (Lipinski definition) is 3. The molecule has 0 aliphatic carbocycles. The number of nitrogens with zero attached hydrogens (tertiary/aromatic N) is 6. The highest BCUT2D eigenvalue weighted by molar-refractivity contribution is 5.90. The number of benzene rings is 2. The summed E-state index contributed by atoms with van der Waals surface area (Å²) in [4.78, 5) is 24.7. The van der Waals surface area contributed by atoms with Crippen molar-refractivity contribution in [3.05, 3.63) is 64.8 Å². The van der Waals surface area contributed by atoms with Gasteiger partial charge in [-0.05, 0) is 73.4 Å². The number of para-hydroxylation sites is 1. The zero-order valence-electron chi connectivity index (χ0n) is 23.3. The molecule has 0 saturated carbocycles. The number of aromatic nitrogens is 4. The van der Waals surface area contributed by atoms with E-state index in [1.807, 2.05) is 13.2 Å². The van der Waals surface area contributed by atoms with Crippen LogP contribution in [-0.2, 0) is 20.0 Å². The highest BCUT2D eigenvalue weighted by Gasteiger charge is 2.25. The van der Waals surface area contributed by atoms with Gasteiger partial charge in [-0.2, -0.15) is 10.1 Å². The lowest BCUT2D eigenvalue weighted by atomic mass is 9.94. The second kappa shape index (κ2) is 10.8. The highest BCUT2D eigenvalue weighted by atomic mass is 16.4. The molecule has 10 heteroatoms.